The molecule has 2 rings (SSSR count). The average molecular weight is 254 g/mol. The summed E-state index contributed by atoms with van der Waals surface area (Å²) in [5.41, 5.74) is 6.00. The van der Waals surface area contributed by atoms with Crippen LogP contribution in [-0.4, -0.2) is 31.2 Å². The highest BCUT2D eigenvalue weighted by molar-refractivity contribution is 5.79. The predicted molar refractivity (Wildman–Crippen MR) is 71.1 cm³/mol. The number of hydrogen-bond donors (Lipinski definition) is 2. The zero-order valence-electron chi connectivity index (χ0n) is 11.5. The fourth-order valence-corrected chi connectivity index (χ4v) is 3.33. The summed E-state index contributed by atoms with van der Waals surface area (Å²) in [6.45, 7) is 2.15. The number of hydrogen-bond acceptors (Lipinski definition) is 3. The van der Waals surface area contributed by atoms with E-state index in [1.165, 1.54) is 0 Å². The Balaban J connectivity index is 1.84. The molecule has 104 valence electrons. The van der Waals surface area contributed by atoms with Crippen molar-refractivity contribution < 1.29 is 9.53 Å². The first-order valence-electron chi connectivity index (χ1n) is 7.20. The molecule has 0 radical (unpaired) electrons. The van der Waals surface area contributed by atoms with Crippen molar-refractivity contribution in [2.75, 3.05) is 7.11 Å². The monoisotopic (exact) mass is 254 g/mol. The van der Waals surface area contributed by atoms with Crippen molar-refractivity contribution in [3.63, 3.8) is 0 Å². The van der Waals surface area contributed by atoms with Crippen molar-refractivity contribution in [1.29, 1.82) is 0 Å². The summed E-state index contributed by atoms with van der Waals surface area (Å²) in [4.78, 5) is 12.3. The average Bonchev–Trinajstić information content (AvgIpc) is 2.79. The third-order valence-corrected chi connectivity index (χ3v) is 4.69. The van der Waals surface area contributed by atoms with Gasteiger partial charge in [-0.1, -0.05) is 6.92 Å². The largest absolute Gasteiger partial charge is 0.379 e. The lowest BCUT2D eigenvalue weighted by molar-refractivity contribution is -0.128. The van der Waals surface area contributed by atoms with Gasteiger partial charge >= 0.3 is 0 Å². The van der Waals surface area contributed by atoms with Crippen LogP contribution in [-0.2, 0) is 9.53 Å². The maximum atomic E-state index is 12.3. The van der Waals surface area contributed by atoms with Crippen molar-refractivity contribution in [3.8, 4) is 0 Å². The molecule has 0 aromatic carbocycles. The second-order valence-corrected chi connectivity index (χ2v) is 5.97. The Hall–Kier alpha value is -0.610. The molecule has 0 saturated heterocycles. The number of carbonyl (C=O) groups is 1. The number of carbonyl (C=O) groups excluding carboxylic acids is 1. The van der Waals surface area contributed by atoms with Crippen LogP contribution < -0.4 is 11.1 Å². The number of methoxy groups -OCH3 is 1. The van der Waals surface area contributed by atoms with Gasteiger partial charge < -0.3 is 15.8 Å². The van der Waals surface area contributed by atoms with E-state index >= 15 is 0 Å². The van der Waals surface area contributed by atoms with Crippen LogP contribution in [0, 0.1) is 11.8 Å². The van der Waals surface area contributed by atoms with Crippen LogP contribution in [0.15, 0.2) is 0 Å². The molecule has 2 saturated carbocycles. The van der Waals surface area contributed by atoms with E-state index < -0.39 is 0 Å². The molecule has 3 N–H and O–H groups in total. The van der Waals surface area contributed by atoms with Crippen molar-refractivity contribution in [2.24, 2.45) is 17.6 Å². The summed E-state index contributed by atoms with van der Waals surface area (Å²) < 4.78 is 5.42. The number of nitrogens with one attached hydrogen (secondary N) is 1. The molecule has 2 fully saturated rings. The molecule has 18 heavy (non-hydrogen) atoms. The topological polar surface area (TPSA) is 64.3 Å². The first kappa shape index (κ1) is 13.8. The van der Waals surface area contributed by atoms with Gasteiger partial charge in [-0.2, -0.15) is 0 Å². The minimum Gasteiger partial charge on any atom is -0.379 e. The quantitative estimate of drug-likeness (QED) is 0.801. The normalized spacial score (nSPS) is 40.7. The zero-order chi connectivity index (χ0) is 13.1. The summed E-state index contributed by atoms with van der Waals surface area (Å²) >= 11 is 0. The molecule has 2 aliphatic carbocycles. The van der Waals surface area contributed by atoms with Crippen LogP contribution in [0.25, 0.3) is 0 Å². The molecule has 0 heterocycles. The maximum absolute atomic E-state index is 12.3. The Bertz CT molecular complexity index is 296. The molecule has 5 atom stereocenters. The van der Waals surface area contributed by atoms with Gasteiger partial charge in [0.1, 0.15) is 0 Å². The highest BCUT2D eigenvalue weighted by Gasteiger charge is 2.33. The van der Waals surface area contributed by atoms with E-state index in [1.54, 1.807) is 7.11 Å². The molecule has 4 heteroatoms. The van der Waals surface area contributed by atoms with Gasteiger partial charge in [0.15, 0.2) is 0 Å². The Morgan fingerprint density at radius 1 is 1.28 bits per heavy atom. The summed E-state index contributed by atoms with van der Waals surface area (Å²) in [5.74, 6) is 0.817. The first-order valence-corrected chi connectivity index (χ1v) is 7.20. The summed E-state index contributed by atoms with van der Waals surface area (Å²) in [7, 11) is 1.73. The Labute approximate surface area is 110 Å². The van der Waals surface area contributed by atoms with Crippen LogP contribution >= 0.6 is 0 Å². The van der Waals surface area contributed by atoms with Crippen molar-refractivity contribution in [2.45, 2.75) is 63.6 Å². The van der Waals surface area contributed by atoms with Gasteiger partial charge in [0.05, 0.1) is 12.1 Å². The van der Waals surface area contributed by atoms with Gasteiger partial charge in [0.2, 0.25) is 5.91 Å². The molecule has 0 aromatic rings. The van der Waals surface area contributed by atoms with E-state index in [0.29, 0.717) is 5.92 Å². The van der Waals surface area contributed by atoms with E-state index in [1.807, 2.05) is 0 Å². The minimum absolute atomic E-state index is 0.151. The Kier molecular flexibility index (Phi) is 4.62. The first-order chi connectivity index (χ1) is 8.61. The third kappa shape index (κ3) is 3.04. The van der Waals surface area contributed by atoms with E-state index in [9.17, 15) is 4.79 Å². The Morgan fingerprint density at radius 3 is 2.72 bits per heavy atom. The molecule has 1 amide bonds. The highest BCUT2D eigenvalue weighted by atomic mass is 16.5. The summed E-state index contributed by atoms with van der Waals surface area (Å²) in [6.07, 6.45) is 6.29. The van der Waals surface area contributed by atoms with Gasteiger partial charge in [-0.15, -0.1) is 0 Å². The molecular formula is C14H26N2O2. The lowest BCUT2D eigenvalue weighted by Gasteiger charge is -2.32. The number of rotatable bonds is 3. The fourth-order valence-electron chi connectivity index (χ4n) is 3.33. The standard InChI is InChI=1S/C14H26N2O2/c1-9-8-10(6-7-11(9)15)14(17)16-12-4-3-5-13(12)18-2/h9-13H,3-8,15H2,1-2H3,(H,16,17). The van der Waals surface area contributed by atoms with Crippen LogP contribution in [0.2, 0.25) is 0 Å². The smallest absolute Gasteiger partial charge is 0.223 e. The molecule has 2 aliphatic rings. The van der Waals surface area contributed by atoms with Gasteiger partial charge in [0.25, 0.3) is 0 Å². The Morgan fingerprint density at radius 2 is 2.06 bits per heavy atom. The van der Waals surface area contributed by atoms with Crippen LogP contribution in [0.1, 0.15) is 45.4 Å². The molecule has 0 spiro atoms. The van der Waals surface area contributed by atoms with E-state index in [-0.39, 0.29) is 30.0 Å². The predicted octanol–water partition coefficient (Wildman–Crippen LogP) is 1.43. The number of amides is 1. The number of nitrogens with two attached hydrogens (primary N) is 1. The second-order valence-electron chi connectivity index (χ2n) is 5.97. The molecular weight excluding hydrogens is 228 g/mol. The lowest BCUT2D eigenvalue weighted by Crippen LogP contribution is -2.46. The van der Waals surface area contributed by atoms with Crippen LogP contribution in [0.5, 0.6) is 0 Å². The van der Waals surface area contributed by atoms with Crippen molar-refractivity contribution >= 4 is 5.91 Å². The van der Waals surface area contributed by atoms with Crippen LogP contribution in [0.3, 0.4) is 0 Å². The van der Waals surface area contributed by atoms with E-state index in [0.717, 1.165) is 38.5 Å². The molecule has 4 nitrogen and oxygen atoms in total. The zero-order valence-corrected chi connectivity index (χ0v) is 11.5. The molecule has 5 unspecified atom stereocenters. The van der Waals surface area contributed by atoms with E-state index in [4.69, 9.17) is 10.5 Å². The fraction of sp³-hybridized carbons (Fsp3) is 0.929. The second kappa shape index (κ2) is 6.02. The molecule has 0 bridgehead atoms. The third-order valence-electron chi connectivity index (χ3n) is 4.69. The highest BCUT2D eigenvalue weighted by Crippen LogP contribution is 2.29. The molecule has 0 aliphatic heterocycles. The van der Waals surface area contributed by atoms with Gasteiger partial charge in [-0.25, -0.2) is 0 Å². The maximum Gasteiger partial charge on any atom is 0.223 e. The SMILES string of the molecule is COC1CCCC1NC(=O)C1CCC(N)C(C)C1. The van der Waals surface area contributed by atoms with Gasteiger partial charge in [-0.3, -0.25) is 4.79 Å². The van der Waals surface area contributed by atoms with Gasteiger partial charge in [-0.05, 0) is 44.4 Å². The summed E-state index contributed by atoms with van der Waals surface area (Å²) in [5, 5.41) is 3.18. The van der Waals surface area contributed by atoms with Gasteiger partial charge in [0, 0.05) is 19.1 Å². The van der Waals surface area contributed by atoms with Crippen LogP contribution in [0.4, 0.5) is 0 Å². The van der Waals surface area contributed by atoms with Crippen molar-refractivity contribution in [3.05, 3.63) is 0 Å². The lowest BCUT2D eigenvalue weighted by atomic mass is 9.79. The van der Waals surface area contributed by atoms with E-state index in [2.05, 4.69) is 12.2 Å². The molecule has 0 aromatic heterocycles. The minimum atomic E-state index is 0.151. The number of ether oxygens (including phenoxy) is 1. The van der Waals surface area contributed by atoms with Crippen molar-refractivity contribution in [1.82, 2.24) is 5.32 Å². The summed E-state index contributed by atoms with van der Waals surface area (Å²) in [6, 6.07) is 0.487.